The van der Waals surface area contributed by atoms with E-state index < -0.39 is 18.0 Å². The van der Waals surface area contributed by atoms with Gasteiger partial charge in [0.1, 0.15) is 0 Å². The van der Waals surface area contributed by atoms with Crippen molar-refractivity contribution < 1.29 is 19.5 Å². The lowest BCUT2D eigenvalue weighted by atomic mass is 10.1. The molecule has 0 radical (unpaired) electrons. The lowest BCUT2D eigenvalue weighted by Crippen LogP contribution is -2.29. The molecule has 7 nitrogen and oxygen atoms in total. The van der Waals surface area contributed by atoms with Crippen LogP contribution in [-0.4, -0.2) is 33.8 Å². The van der Waals surface area contributed by atoms with Crippen LogP contribution in [0, 0.1) is 0 Å². The number of hydrogen-bond donors (Lipinski definition) is 2. The summed E-state index contributed by atoms with van der Waals surface area (Å²) in [5, 5.41) is 16.6. The Labute approximate surface area is 119 Å². The minimum atomic E-state index is -1.18. The molecule has 2 aromatic rings. The van der Waals surface area contributed by atoms with Crippen LogP contribution >= 0.6 is 0 Å². The first-order valence-corrected chi connectivity index (χ1v) is 6.25. The number of anilines is 1. The zero-order chi connectivity index (χ0) is 14.8. The van der Waals surface area contributed by atoms with Crippen molar-refractivity contribution >= 4 is 34.0 Å². The van der Waals surface area contributed by atoms with Crippen molar-refractivity contribution in [1.29, 1.82) is 0 Å². The Morgan fingerprint density at radius 1 is 1.33 bits per heavy atom. The summed E-state index contributed by atoms with van der Waals surface area (Å²) in [7, 11) is 0. The zero-order valence-corrected chi connectivity index (χ0v) is 10.8. The normalized spacial score (nSPS) is 17.1. The van der Waals surface area contributed by atoms with Crippen LogP contribution in [0.3, 0.4) is 0 Å². The van der Waals surface area contributed by atoms with Gasteiger partial charge in [0.2, 0.25) is 6.10 Å². The smallest absolute Gasteiger partial charge is 0.353 e. The Morgan fingerprint density at radius 2 is 2.19 bits per heavy atom. The number of benzene rings is 1. The number of carbonyl (C=O) groups excluding carboxylic acids is 1. The summed E-state index contributed by atoms with van der Waals surface area (Å²) >= 11 is 0. The van der Waals surface area contributed by atoms with E-state index in [9.17, 15) is 9.59 Å². The number of hydrogen-bond acceptors (Lipinski definition) is 5. The number of nitrogens with zero attached hydrogens (tertiary/aromatic N) is 2. The molecule has 2 N–H and O–H groups in total. The molecule has 1 unspecified atom stereocenters. The number of oxime groups is 1. The SMILES string of the molecule is O=C(O)C1=NOC(C(=O)Nc2cccc3ccncc23)C1. The summed E-state index contributed by atoms with van der Waals surface area (Å²) in [6.07, 6.45) is 2.34. The van der Waals surface area contributed by atoms with E-state index in [2.05, 4.69) is 15.5 Å². The van der Waals surface area contributed by atoms with Crippen molar-refractivity contribution in [2.24, 2.45) is 5.16 Å². The molecule has 7 heteroatoms. The maximum Gasteiger partial charge on any atom is 0.353 e. The molecule has 0 saturated heterocycles. The second-order valence-electron chi connectivity index (χ2n) is 4.53. The van der Waals surface area contributed by atoms with Gasteiger partial charge in [-0.15, -0.1) is 0 Å². The lowest BCUT2D eigenvalue weighted by molar-refractivity contribution is -0.129. The van der Waals surface area contributed by atoms with Crippen LogP contribution in [0.25, 0.3) is 10.8 Å². The molecule has 1 aromatic heterocycles. The van der Waals surface area contributed by atoms with Gasteiger partial charge in [-0.05, 0) is 17.5 Å². The van der Waals surface area contributed by atoms with Crippen molar-refractivity contribution in [3.8, 4) is 0 Å². The Balaban J connectivity index is 1.77. The Hall–Kier alpha value is -2.96. The van der Waals surface area contributed by atoms with Gasteiger partial charge in [0.05, 0.1) is 5.69 Å². The topological polar surface area (TPSA) is 101 Å². The third-order valence-electron chi connectivity index (χ3n) is 3.15. The number of carbonyl (C=O) groups is 2. The fourth-order valence-corrected chi connectivity index (χ4v) is 2.08. The van der Waals surface area contributed by atoms with Crippen molar-refractivity contribution in [2.75, 3.05) is 5.32 Å². The van der Waals surface area contributed by atoms with Crippen molar-refractivity contribution in [3.05, 3.63) is 36.7 Å². The molecule has 106 valence electrons. The number of carboxylic acids is 1. The largest absolute Gasteiger partial charge is 0.477 e. The second-order valence-corrected chi connectivity index (χ2v) is 4.53. The molecule has 21 heavy (non-hydrogen) atoms. The molecule has 0 fully saturated rings. The fraction of sp³-hybridized carbons (Fsp3) is 0.143. The molecule has 1 aliphatic heterocycles. The van der Waals surface area contributed by atoms with Crippen LogP contribution in [0.4, 0.5) is 5.69 Å². The fourth-order valence-electron chi connectivity index (χ4n) is 2.08. The van der Waals surface area contributed by atoms with Crippen LogP contribution in [-0.2, 0) is 14.4 Å². The van der Waals surface area contributed by atoms with Crippen molar-refractivity contribution in [2.45, 2.75) is 12.5 Å². The predicted octanol–water partition coefficient (Wildman–Crippen LogP) is 1.40. The Kier molecular flexibility index (Phi) is 3.23. The monoisotopic (exact) mass is 285 g/mol. The van der Waals surface area contributed by atoms with E-state index in [-0.39, 0.29) is 12.1 Å². The summed E-state index contributed by atoms with van der Waals surface area (Å²) in [6, 6.07) is 7.30. The van der Waals surface area contributed by atoms with E-state index in [1.807, 2.05) is 18.2 Å². The Morgan fingerprint density at radius 3 is 2.95 bits per heavy atom. The summed E-state index contributed by atoms with van der Waals surface area (Å²) in [5.41, 5.74) is 0.438. The first-order valence-electron chi connectivity index (χ1n) is 6.25. The molecule has 0 saturated carbocycles. The van der Waals surface area contributed by atoms with Crippen LogP contribution in [0.2, 0.25) is 0 Å². The van der Waals surface area contributed by atoms with E-state index in [0.29, 0.717) is 5.69 Å². The molecule has 0 aliphatic carbocycles. The molecule has 1 aliphatic rings. The third-order valence-corrected chi connectivity index (χ3v) is 3.15. The van der Waals surface area contributed by atoms with Crippen LogP contribution in [0.1, 0.15) is 6.42 Å². The molecule has 0 spiro atoms. The van der Waals surface area contributed by atoms with Gasteiger partial charge in [0.25, 0.3) is 5.91 Å². The van der Waals surface area contributed by atoms with Crippen LogP contribution in [0.15, 0.2) is 41.8 Å². The minimum absolute atomic E-state index is 0.0514. The van der Waals surface area contributed by atoms with Gasteiger partial charge < -0.3 is 15.3 Å². The van der Waals surface area contributed by atoms with Gasteiger partial charge in [-0.1, -0.05) is 17.3 Å². The standard InChI is InChI=1S/C14H11N3O4/c18-13(12-6-11(14(19)20)17-21-12)16-10-3-1-2-8-4-5-15-7-9(8)10/h1-5,7,12H,6H2,(H,16,18)(H,19,20). The van der Waals surface area contributed by atoms with E-state index >= 15 is 0 Å². The van der Waals surface area contributed by atoms with Crippen LogP contribution < -0.4 is 5.32 Å². The molecule has 2 heterocycles. The molecular formula is C14H11N3O4. The number of aliphatic carboxylic acids is 1. The second kappa shape index (κ2) is 5.20. The van der Waals surface area contributed by atoms with E-state index in [0.717, 1.165) is 10.8 Å². The average molecular weight is 285 g/mol. The molecular weight excluding hydrogens is 274 g/mol. The molecule has 1 atom stereocenters. The number of nitrogens with one attached hydrogen (secondary N) is 1. The number of pyridine rings is 1. The zero-order valence-electron chi connectivity index (χ0n) is 10.8. The van der Waals surface area contributed by atoms with Gasteiger partial charge in [-0.25, -0.2) is 4.79 Å². The number of amides is 1. The quantitative estimate of drug-likeness (QED) is 0.887. The predicted molar refractivity (Wildman–Crippen MR) is 74.9 cm³/mol. The molecule has 1 aromatic carbocycles. The van der Waals surface area contributed by atoms with E-state index in [1.54, 1.807) is 18.5 Å². The highest BCUT2D eigenvalue weighted by Crippen LogP contribution is 2.23. The average Bonchev–Trinajstić information content (AvgIpc) is 2.98. The van der Waals surface area contributed by atoms with Crippen LogP contribution in [0.5, 0.6) is 0 Å². The summed E-state index contributed by atoms with van der Waals surface area (Å²) in [5.74, 6) is -1.62. The molecule has 0 bridgehead atoms. The number of rotatable bonds is 3. The van der Waals surface area contributed by atoms with Gasteiger partial charge in [-0.2, -0.15) is 0 Å². The molecule has 1 amide bonds. The summed E-state index contributed by atoms with van der Waals surface area (Å²) in [6.45, 7) is 0. The highest BCUT2D eigenvalue weighted by molar-refractivity contribution is 6.36. The highest BCUT2D eigenvalue weighted by Gasteiger charge is 2.31. The van der Waals surface area contributed by atoms with Crippen molar-refractivity contribution in [3.63, 3.8) is 0 Å². The van der Waals surface area contributed by atoms with Gasteiger partial charge >= 0.3 is 5.97 Å². The summed E-state index contributed by atoms with van der Waals surface area (Å²) < 4.78 is 0. The minimum Gasteiger partial charge on any atom is -0.477 e. The number of aromatic nitrogens is 1. The lowest BCUT2D eigenvalue weighted by Gasteiger charge is -2.11. The van der Waals surface area contributed by atoms with E-state index in [4.69, 9.17) is 9.94 Å². The number of fused-ring (bicyclic) bond motifs is 1. The maximum atomic E-state index is 12.1. The molecule has 3 rings (SSSR count). The van der Waals surface area contributed by atoms with Gasteiger partial charge in [0, 0.05) is 24.2 Å². The first kappa shape index (κ1) is 13.0. The van der Waals surface area contributed by atoms with Gasteiger partial charge in [0.15, 0.2) is 5.71 Å². The summed E-state index contributed by atoms with van der Waals surface area (Å²) in [4.78, 5) is 31.7. The number of carboxylic acid groups (broad SMARTS) is 1. The highest BCUT2D eigenvalue weighted by atomic mass is 16.6. The van der Waals surface area contributed by atoms with E-state index in [1.165, 1.54) is 0 Å². The maximum absolute atomic E-state index is 12.1. The van der Waals surface area contributed by atoms with Gasteiger partial charge in [-0.3, -0.25) is 9.78 Å². The third kappa shape index (κ3) is 2.53. The Bertz CT molecular complexity index is 751. The van der Waals surface area contributed by atoms with Crippen molar-refractivity contribution in [1.82, 2.24) is 4.98 Å². The first-order chi connectivity index (χ1) is 10.1.